The van der Waals surface area contributed by atoms with Crippen molar-refractivity contribution in [2.45, 2.75) is 26.9 Å². The number of aliphatic hydroxyl groups excluding tert-OH is 1. The molecule has 0 spiro atoms. The van der Waals surface area contributed by atoms with Crippen molar-refractivity contribution in [2.24, 2.45) is 0 Å². The third kappa shape index (κ3) is 2.43. The maximum absolute atomic E-state index is 10.5. The van der Waals surface area contributed by atoms with E-state index in [1.54, 1.807) is 0 Å². The van der Waals surface area contributed by atoms with Crippen LogP contribution in [0.3, 0.4) is 0 Å². The van der Waals surface area contributed by atoms with Crippen molar-refractivity contribution in [1.82, 2.24) is 0 Å². The third-order valence-corrected chi connectivity index (χ3v) is 3.86. The minimum absolute atomic E-state index is 0.622. The Morgan fingerprint density at radius 3 is 2.39 bits per heavy atom. The summed E-state index contributed by atoms with van der Waals surface area (Å²) < 4.78 is 0. The number of aryl methyl sites for hydroxylation is 2. The number of halogens is 1. The van der Waals surface area contributed by atoms with Gasteiger partial charge in [-0.2, -0.15) is 0 Å². The van der Waals surface area contributed by atoms with E-state index in [4.69, 9.17) is 11.6 Å². The van der Waals surface area contributed by atoms with Crippen molar-refractivity contribution in [3.8, 4) is 0 Å². The summed E-state index contributed by atoms with van der Waals surface area (Å²) in [6.45, 7) is 6.04. The second-order valence-electron chi connectivity index (χ2n) is 4.70. The quantitative estimate of drug-likeness (QED) is 0.851. The van der Waals surface area contributed by atoms with Crippen LogP contribution in [-0.2, 0) is 0 Å². The molecule has 0 aromatic heterocycles. The van der Waals surface area contributed by atoms with E-state index in [9.17, 15) is 5.11 Å². The van der Waals surface area contributed by atoms with Crippen LogP contribution in [0.1, 0.15) is 33.9 Å². The Morgan fingerprint density at radius 1 is 1.00 bits per heavy atom. The predicted octanol–water partition coefficient (Wildman–Crippen LogP) is 4.35. The van der Waals surface area contributed by atoms with Crippen LogP contribution in [0.4, 0.5) is 0 Å². The van der Waals surface area contributed by atoms with Gasteiger partial charge in [-0.15, -0.1) is 0 Å². The molecule has 0 amide bonds. The summed E-state index contributed by atoms with van der Waals surface area (Å²) in [5, 5.41) is 11.1. The molecule has 0 radical (unpaired) electrons. The molecule has 0 aliphatic rings. The Bertz CT molecular complexity index is 575. The van der Waals surface area contributed by atoms with Crippen LogP contribution in [0.25, 0.3) is 0 Å². The molecule has 0 aliphatic carbocycles. The molecule has 0 bridgehead atoms. The average molecular weight is 261 g/mol. The molecule has 1 atom stereocenters. The first kappa shape index (κ1) is 13.1. The van der Waals surface area contributed by atoms with Crippen molar-refractivity contribution in [2.75, 3.05) is 0 Å². The number of aliphatic hydroxyl groups is 1. The van der Waals surface area contributed by atoms with Gasteiger partial charge in [-0.3, -0.25) is 0 Å². The molecule has 0 saturated carbocycles. The largest absolute Gasteiger partial charge is 0.384 e. The zero-order chi connectivity index (χ0) is 13.3. The van der Waals surface area contributed by atoms with Crippen LogP contribution in [0, 0.1) is 20.8 Å². The number of rotatable bonds is 2. The summed E-state index contributed by atoms with van der Waals surface area (Å²) in [5.74, 6) is 0. The van der Waals surface area contributed by atoms with Crippen LogP contribution in [0.5, 0.6) is 0 Å². The van der Waals surface area contributed by atoms with Crippen LogP contribution in [-0.4, -0.2) is 5.11 Å². The van der Waals surface area contributed by atoms with Gasteiger partial charge in [0.05, 0.1) is 0 Å². The molecule has 1 N–H and O–H groups in total. The maximum atomic E-state index is 10.5. The van der Waals surface area contributed by atoms with Gasteiger partial charge in [0.2, 0.25) is 0 Å². The fraction of sp³-hybridized carbons (Fsp3) is 0.250. The van der Waals surface area contributed by atoms with Crippen LogP contribution < -0.4 is 0 Å². The first-order chi connectivity index (χ1) is 8.50. The van der Waals surface area contributed by atoms with Gasteiger partial charge in [-0.05, 0) is 54.7 Å². The lowest BCUT2D eigenvalue weighted by Crippen LogP contribution is -2.03. The molecule has 94 valence electrons. The molecular formula is C16H17ClO. The van der Waals surface area contributed by atoms with Gasteiger partial charge in [0, 0.05) is 5.02 Å². The van der Waals surface area contributed by atoms with Gasteiger partial charge in [0.15, 0.2) is 0 Å². The highest BCUT2D eigenvalue weighted by Crippen LogP contribution is 2.28. The van der Waals surface area contributed by atoms with Gasteiger partial charge in [-0.1, -0.05) is 41.9 Å². The van der Waals surface area contributed by atoms with Crippen molar-refractivity contribution in [3.63, 3.8) is 0 Å². The van der Waals surface area contributed by atoms with Gasteiger partial charge >= 0.3 is 0 Å². The van der Waals surface area contributed by atoms with E-state index in [0.29, 0.717) is 5.02 Å². The van der Waals surface area contributed by atoms with E-state index < -0.39 is 6.10 Å². The van der Waals surface area contributed by atoms with Crippen LogP contribution in [0.2, 0.25) is 5.02 Å². The molecule has 0 saturated heterocycles. The Hall–Kier alpha value is -1.31. The zero-order valence-corrected chi connectivity index (χ0v) is 11.6. The SMILES string of the molecule is Cc1ccc(C(O)c2cccc(C)c2C)cc1Cl. The zero-order valence-electron chi connectivity index (χ0n) is 10.9. The smallest absolute Gasteiger partial charge is 0.104 e. The molecule has 0 fully saturated rings. The topological polar surface area (TPSA) is 20.2 Å². The summed E-state index contributed by atoms with van der Waals surface area (Å²) in [5.41, 5.74) is 5.11. The van der Waals surface area contributed by atoms with Crippen molar-refractivity contribution >= 4 is 11.6 Å². The highest BCUT2D eigenvalue weighted by Gasteiger charge is 2.14. The minimum Gasteiger partial charge on any atom is -0.384 e. The molecule has 2 aromatic rings. The Kier molecular flexibility index (Phi) is 3.74. The highest BCUT2D eigenvalue weighted by molar-refractivity contribution is 6.31. The molecule has 18 heavy (non-hydrogen) atoms. The first-order valence-electron chi connectivity index (χ1n) is 6.01. The van der Waals surface area contributed by atoms with E-state index in [-0.39, 0.29) is 0 Å². The van der Waals surface area contributed by atoms with Gasteiger partial charge in [-0.25, -0.2) is 0 Å². The van der Waals surface area contributed by atoms with Crippen molar-refractivity contribution in [1.29, 1.82) is 0 Å². The Balaban J connectivity index is 2.44. The summed E-state index contributed by atoms with van der Waals surface area (Å²) in [6, 6.07) is 11.7. The van der Waals surface area contributed by atoms with E-state index in [1.807, 2.05) is 57.2 Å². The second-order valence-corrected chi connectivity index (χ2v) is 5.11. The summed E-state index contributed by atoms with van der Waals surface area (Å²) in [4.78, 5) is 0. The van der Waals surface area contributed by atoms with E-state index in [2.05, 4.69) is 0 Å². The molecule has 1 unspecified atom stereocenters. The normalized spacial score (nSPS) is 12.5. The van der Waals surface area contributed by atoms with Crippen molar-refractivity contribution < 1.29 is 5.11 Å². The van der Waals surface area contributed by atoms with E-state index >= 15 is 0 Å². The molecule has 2 heteroatoms. The Labute approximate surface area is 113 Å². The van der Waals surface area contributed by atoms with Gasteiger partial charge in [0.25, 0.3) is 0 Å². The fourth-order valence-electron chi connectivity index (χ4n) is 2.03. The molecular weight excluding hydrogens is 244 g/mol. The standard InChI is InChI=1S/C16H17ClO/c1-10-5-4-6-14(12(10)3)16(18)13-8-7-11(2)15(17)9-13/h4-9,16,18H,1-3H3. The van der Waals surface area contributed by atoms with Gasteiger partial charge in [0.1, 0.15) is 6.10 Å². The summed E-state index contributed by atoms with van der Waals surface area (Å²) in [6.07, 6.45) is -0.622. The second kappa shape index (κ2) is 5.13. The predicted molar refractivity (Wildman–Crippen MR) is 76.2 cm³/mol. The van der Waals surface area contributed by atoms with Crippen LogP contribution >= 0.6 is 11.6 Å². The number of hydrogen-bond donors (Lipinski definition) is 1. The van der Waals surface area contributed by atoms with Crippen LogP contribution in [0.15, 0.2) is 36.4 Å². The molecule has 0 heterocycles. The highest BCUT2D eigenvalue weighted by atomic mass is 35.5. The molecule has 1 nitrogen and oxygen atoms in total. The summed E-state index contributed by atoms with van der Waals surface area (Å²) >= 11 is 6.11. The summed E-state index contributed by atoms with van der Waals surface area (Å²) in [7, 11) is 0. The maximum Gasteiger partial charge on any atom is 0.104 e. The number of hydrogen-bond acceptors (Lipinski definition) is 1. The van der Waals surface area contributed by atoms with Crippen molar-refractivity contribution in [3.05, 3.63) is 69.2 Å². The fourth-order valence-corrected chi connectivity index (χ4v) is 2.22. The lowest BCUT2D eigenvalue weighted by molar-refractivity contribution is 0.219. The first-order valence-corrected chi connectivity index (χ1v) is 6.38. The third-order valence-electron chi connectivity index (χ3n) is 3.45. The minimum atomic E-state index is -0.622. The van der Waals surface area contributed by atoms with Gasteiger partial charge < -0.3 is 5.11 Å². The average Bonchev–Trinajstić information content (AvgIpc) is 2.35. The molecule has 2 aromatic carbocycles. The lowest BCUT2D eigenvalue weighted by Gasteiger charge is -2.16. The number of benzene rings is 2. The Morgan fingerprint density at radius 2 is 1.72 bits per heavy atom. The lowest BCUT2D eigenvalue weighted by atomic mass is 9.94. The molecule has 0 aliphatic heterocycles. The molecule has 2 rings (SSSR count). The van der Waals surface area contributed by atoms with E-state index in [1.165, 1.54) is 5.56 Å². The monoisotopic (exact) mass is 260 g/mol. The van der Waals surface area contributed by atoms with E-state index in [0.717, 1.165) is 22.3 Å².